The monoisotopic (exact) mass is 583 g/mol. The lowest BCUT2D eigenvalue weighted by Gasteiger charge is -2.18. The van der Waals surface area contributed by atoms with Gasteiger partial charge in [-0.3, -0.25) is 19.0 Å². The molecule has 0 aliphatic rings. The van der Waals surface area contributed by atoms with Crippen LogP contribution in [0.4, 0.5) is 11.4 Å². The molecule has 4 aromatic rings. The number of aryl methyl sites for hydroxylation is 1. The molecule has 0 aliphatic carbocycles. The number of para-hydroxylation sites is 2. The van der Waals surface area contributed by atoms with Crippen molar-refractivity contribution < 1.29 is 22.7 Å². The number of methoxy groups -OCH3 is 1. The second-order valence-corrected chi connectivity index (χ2v) is 11.7. The van der Waals surface area contributed by atoms with Crippen molar-refractivity contribution in [3.8, 4) is 5.75 Å². The van der Waals surface area contributed by atoms with Crippen LogP contribution in [0.15, 0.2) is 64.5 Å². The highest BCUT2D eigenvalue weighted by molar-refractivity contribution is 7.89. The summed E-state index contributed by atoms with van der Waals surface area (Å²) in [5, 5.41) is 5.73. The highest BCUT2D eigenvalue weighted by atomic mass is 32.2. The summed E-state index contributed by atoms with van der Waals surface area (Å²) >= 11 is 1.09. The number of hydrogen-bond acceptors (Lipinski definition) is 8. The topological polar surface area (TPSA) is 140 Å². The molecule has 0 fully saturated rings. The molecule has 2 amide bonds. The molecule has 13 heteroatoms. The van der Waals surface area contributed by atoms with Crippen molar-refractivity contribution in [2.24, 2.45) is 0 Å². The standard InChI is InChI=1S/C27H29N5O6S2/c1-5-32(6-2)40(36,37)19-13-11-18(12-14-19)29-22(33)15-31-16-28-26-23(27(31)35)17(3)24(39-26)25(34)30-20-9-7-8-10-21(20)38-4/h7-14,16H,5-6,15H2,1-4H3,(H,29,33)(H,30,34). The molecular weight excluding hydrogens is 554 g/mol. The number of aromatic nitrogens is 2. The first-order valence-electron chi connectivity index (χ1n) is 12.4. The lowest BCUT2D eigenvalue weighted by atomic mass is 10.2. The van der Waals surface area contributed by atoms with E-state index in [2.05, 4.69) is 15.6 Å². The second kappa shape index (κ2) is 12.0. The van der Waals surface area contributed by atoms with Gasteiger partial charge in [0.05, 0.1) is 34.3 Å². The minimum absolute atomic E-state index is 0.124. The summed E-state index contributed by atoms with van der Waals surface area (Å²) in [6, 6.07) is 12.8. The lowest BCUT2D eigenvalue weighted by Crippen LogP contribution is -2.30. The van der Waals surface area contributed by atoms with E-state index in [4.69, 9.17) is 4.74 Å². The molecule has 2 heterocycles. The Morgan fingerprint density at radius 3 is 2.38 bits per heavy atom. The fraction of sp³-hybridized carbons (Fsp3) is 0.259. The predicted molar refractivity (Wildman–Crippen MR) is 155 cm³/mol. The zero-order valence-corrected chi connectivity index (χ0v) is 24.1. The smallest absolute Gasteiger partial charge is 0.266 e. The summed E-state index contributed by atoms with van der Waals surface area (Å²) in [6.07, 6.45) is 1.27. The molecule has 0 atom stereocenters. The maximum Gasteiger partial charge on any atom is 0.266 e. The average Bonchev–Trinajstić information content (AvgIpc) is 3.28. The van der Waals surface area contributed by atoms with Gasteiger partial charge in [0.15, 0.2) is 0 Å². The van der Waals surface area contributed by atoms with Gasteiger partial charge in [0.1, 0.15) is 17.1 Å². The number of amides is 2. The first-order valence-corrected chi connectivity index (χ1v) is 14.7. The van der Waals surface area contributed by atoms with Gasteiger partial charge in [-0.05, 0) is 48.9 Å². The minimum Gasteiger partial charge on any atom is -0.495 e. The van der Waals surface area contributed by atoms with Crippen LogP contribution < -0.4 is 20.9 Å². The van der Waals surface area contributed by atoms with Crippen molar-refractivity contribution in [2.45, 2.75) is 32.2 Å². The number of benzene rings is 2. The SMILES string of the molecule is CCN(CC)S(=O)(=O)c1ccc(NC(=O)Cn2cnc3sc(C(=O)Nc4ccccc4OC)c(C)c3c2=O)cc1. The number of anilines is 2. The van der Waals surface area contributed by atoms with Crippen molar-refractivity contribution in [1.82, 2.24) is 13.9 Å². The molecule has 0 saturated carbocycles. The van der Waals surface area contributed by atoms with Gasteiger partial charge in [0.25, 0.3) is 11.5 Å². The molecule has 2 aromatic carbocycles. The number of rotatable bonds is 10. The quantitative estimate of drug-likeness (QED) is 0.290. The summed E-state index contributed by atoms with van der Waals surface area (Å²) in [6.45, 7) is 5.57. The Balaban J connectivity index is 1.51. The van der Waals surface area contributed by atoms with Gasteiger partial charge in [-0.25, -0.2) is 13.4 Å². The van der Waals surface area contributed by atoms with E-state index >= 15 is 0 Å². The van der Waals surface area contributed by atoms with Crippen molar-refractivity contribution in [3.05, 3.63) is 75.7 Å². The Morgan fingerprint density at radius 2 is 1.73 bits per heavy atom. The normalized spacial score (nSPS) is 11.5. The zero-order valence-electron chi connectivity index (χ0n) is 22.4. The highest BCUT2D eigenvalue weighted by Crippen LogP contribution is 2.29. The fourth-order valence-electron chi connectivity index (χ4n) is 4.19. The number of carbonyl (C=O) groups is 2. The molecule has 4 rings (SSSR count). The number of thiophene rings is 1. The van der Waals surface area contributed by atoms with Crippen LogP contribution in [0.25, 0.3) is 10.2 Å². The third kappa shape index (κ3) is 5.76. The minimum atomic E-state index is -3.62. The van der Waals surface area contributed by atoms with Crippen molar-refractivity contribution in [2.75, 3.05) is 30.8 Å². The Bertz CT molecular complexity index is 1720. The van der Waals surface area contributed by atoms with Gasteiger partial charge >= 0.3 is 0 Å². The molecule has 210 valence electrons. The first-order chi connectivity index (χ1) is 19.1. The van der Waals surface area contributed by atoms with E-state index in [9.17, 15) is 22.8 Å². The largest absolute Gasteiger partial charge is 0.495 e. The van der Waals surface area contributed by atoms with Gasteiger partial charge in [-0.15, -0.1) is 11.3 Å². The number of nitrogens with zero attached hydrogens (tertiary/aromatic N) is 3. The van der Waals surface area contributed by atoms with Crippen molar-refractivity contribution in [1.29, 1.82) is 0 Å². The highest BCUT2D eigenvalue weighted by Gasteiger charge is 2.22. The van der Waals surface area contributed by atoms with Crippen LogP contribution in [0.3, 0.4) is 0 Å². The zero-order chi connectivity index (χ0) is 29.0. The Hall–Kier alpha value is -4.07. The maximum absolute atomic E-state index is 13.2. The van der Waals surface area contributed by atoms with E-state index in [0.29, 0.717) is 45.5 Å². The van der Waals surface area contributed by atoms with Crippen molar-refractivity contribution in [3.63, 3.8) is 0 Å². The third-order valence-corrected chi connectivity index (χ3v) is 9.54. The molecule has 2 N–H and O–H groups in total. The van der Waals surface area contributed by atoms with Crippen LogP contribution in [0.5, 0.6) is 5.75 Å². The number of sulfonamides is 1. The summed E-state index contributed by atoms with van der Waals surface area (Å²) in [7, 11) is -2.11. The van der Waals surface area contributed by atoms with E-state index < -0.39 is 27.4 Å². The van der Waals surface area contributed by atoms with Gasteiger partial charge in [0, 0.05) is 18.8 Å². The first kappa shape index (κ1) is 28.9. The Morgan fingerprint density at radius 1 is 1.05 bits per heavy atom. The van der Waals surface area contributed by atoms with E-state index in [-0.39, 0.29) is 16.8 Å². The van der Waals surface area contributed by atoms with Crippen LogP contribution in [-0.2, 0) is 21.4 Å². The summed E-state index contributed by atoms with van der Waals surface area (Å²) in [4.78, 5) is 44.1. The van der Waals surface area contributed by atoms with E-state index in [1.54, 1.807) is 45.0 Å². The predicted octanol–water partition coefficient (Wildman–Crippen LogP) is 3.70. The van der Waals surface area contributed by atoms with Gasteiger partial charge in [-0.2, -0.15) is 4.31 Å². The molecule has 40 heavy (non-hydrogen) atoms. The number of carbonyl (C=O) groups excluding carboxylic acids is 2. The average molecular weight is 584 g/mol. The fourth-order valence-corrected chi connectivity index (χ4v) is 6.69. The summed E-state index contributed by atoms with van der Waals surface area (Å²) in [5.41, 5.74) is 0.885. The van der Waals surface area contributed by atoms with Crippen LogP contribution >= 0.6 is 11.3 Å². The third-order valence-electron chi connectivity index (χ3n) is 6.27. The lowest BCUT2D eigenvalue weighted by molar-refractivity contribution is -0.116. The van der Waals surface area contributed by atoms with Crippen LogP contribution in [0.1, 0.15) is 29.1 Å². The van der Waals surface area contributed by atoms with E-state index in [1.165, 1.54) is 46.6 Å². The molecule has 0 radical (unpaired) electrons. The molecule has 11 nitrogen and oxygen atoms in total. The molecule has 0 saturated heterocycles. The molecule has 2 aromatic heterocycles. The van der Waals surface area contributed by atoms with Gasteiger partial charge < -0.3 is 15.4 Å². The van der Waals surface area contributed by atoms with E-state index in [1.807, 2.05) is 0 Å². The Kier molecular flexibility index (Phi) is 8.67. The molecular formula is C27H29N5O6S2. The van der Waals surface area contributed by atoms with Crippen LogP contribution in [0, 0.1) is 6.92 Å². The van der Waals surface area contributed by atoms with Gasteiger partial charge in [0.2, 0.25) is 15.9 Å². The van der Waals surface area contributed by atoms with Crippen molar-refractivity contribution >= 4 is 54.8 Å². The molecule has 0 bridgehead atoms. The number of nitrogens with one attached hydrogen (secondary N) is 2. The van der Waals surface area contributed by atoms with E-state index in [0.717, 1.165) is 11.3 Å². The van der Waals surface area contributed by atoms with Crippen LogP contribution in [0.2, 0.25) is 0 Å². The number of hydrogen-bond donors (Lipinski definition) is 2. The molecule has 0 unspecified atom stereocenters. The van der Waals surface area contributed by atoms with Crippen LogP contribution in [-0.4, -0.2) is 54.3 Å². The second-order valence-electron chi connectivity index (χ2n) is 8.73. The summed E-state index contributed by atoms with van der Waals surface area (Å²) < 4.78 is 33.1. The van der Waals surface area contributed by atoms with Gasteiger partial charge in [-0.1, -0.05) is 26.0 Å². The Labute approximate surface area is 235 Å². The molecule has 0 aliphatic heterocycles. The number of fused-ring (bicyclic) bond motifs is 1. The molecule has 0 spiro atoms. The summed E-state index contributed by atoms with van der Waals surface area (Å²) in [5.74, 6) is -0.397. The number of ether oxygens (including phenoxy) is 1. The maximum atomic E-state index is 13.2.